The summed E-state index contributed by atoms with van der Waals surface area (Å²) in [5.41, 5.74) is 2.05. The van der Waals surface area contributed by atoms with Gasteiger partial charge in [-0.25, -0.2) is 5.01 Å². The zero-order chi connectivity index (χ0) is 19.0. The highest BCUT2D eigenvalue weighted by Crippen LogP contribution is 2.29. The Labute approximate surface area is 156 Å². The summed E-state index contributed by atoms with van der Waals surface area (Å²) < 4.78 is 5.12. The molecule has 7 nitrogen and oxygen atoms in total. The lowest BCUT2D eigenvalue weighted by Crippen LogP contribution is -2.68. The Morgan fingerprint density at radius 3 is 2.44 bits per heavy atom. The molecule has 0 aliphatic carbocycles. The topological polar surface area (TPSA) is 77.3 Å². The Kier molecular flexibility index (Phi) is 4.19. The SMILES string of the molecule is COc1ccc(C(=O)[C@@H]2[C@@H](C)C(=O)N2n2cc(-c3ccccc3)nn2)cc1. The minimum absolute atomic E-state index is 0.137. The predicted octanol–water partition coefficient (Wildman–Crippen LogP) is 2.32. The van der Waals surface area contributed by atoms with Gasteiger partial charge in [0, 0.05) is 11.1 Å². The molecular formula is C20H18N4O3. The Balaban J connectivity index is 1.61. The maximum absolute atomic E-state index is 12.9. The fourth-order valence-electron chi connectivity index (χ4n) is 3.20. The molecule has 0 N–H and O–H groups in total. The fourth-order valence-corrected chi connectivity index (χ4v) is 3.20. The monoisotopic (exact) mass is 362 g/mol. The molecule has 1 fully saturated rings. The van der Waals surface area contributed by atoms with Crippen LogP contribution in [0, 0.1) is 5.92 Å². The number of Topliss-reactive ketones (excluding diaryl/α,β-unsaturated/α-hetero) is 1. The molecular weight excluding hydrogens is 344 g/mol. The smallest absolute Gasteiger partial charge is 0.248 e. The van der Waals surface area contributed by atoms with Crippen molar-refractivity contribution in [3.8, 4) is 17.0 Å². The maximum atomic E-state index is 12.9. The molecule has 0 unspecified atom stereocenters. The van der Waals surface area contributed by atoms with Crippen molar-refractivity contribution in [2.75, 3.05) is 12.1 Å². The Hall–Kier alpha value is -3.48. The fraction of sp³-hybridized carbons (Fsp3) is 0.200. The molecule has 2 aromatic carbocycles. The number of carbonyl (C=O) groups excluding carboxylic acids is 2. The molecule has 1 saturated heterocycles. The summed E-state index contributed by atoms with van der Waals surface area (Å²) in [6.45, 7) is 1.75. The molecule has 1 aliphatic heterocycles. The molecule has 0 spiro atoms. The first-order valence-corrected chi connectivity index (χ1v) is 8.59. The minimum Gasteiger partial charge on any atom is -0.497 e. The Morgan fingerprint density at radius 2 is 1.78 bits per heavy atom. The summed E-state index contributed by atoms with van der Waals surface area (Å²) in [5.74, 6) is -0.0400. The highest BCUT2D eigenvalue weighted by Gasteiger charge is 2.50. The first-order valence-electron chi connectivity index (χ1n) is 8.59. The second kappa shape index (κ2) is 6.68. The van der Waals surface area contributed by atoms with Gasteiger partial charge in [0.2, 0.25) is 5.91 Å². The predicted molar refractivity (Wildman–Crippen MR) is 99.0 cm³/mol. The zero-order valence-corrected chi connectivity index (χ0v) is 14.9. The van der Waals surface area contributed by atoms with E-state index in [4.69, 9.17) is 4.74 Å². The molecule has 27 heavy (non-hydrogen) atoms. The van der Waals surface area contributed by atoms with Crippen molar-refractivity contribution in [1.82, 2.24) is 15.1 Å². The first-order chi connectivity index (χ1) is 13.1. The van der Waals surface area contributed by atoms with Gasteiger partial charge in [0.25, 0.3) is 0 Å². The second-order valence-corrected chi connectivity index (χ2v) is 6.40. The van der Waals surface area contributed by atoms with Crippen molar-refractivity contribution in [2.24, 2.45) is 5.92 Å². The molecule has 3 aromatic rings. The van der Waals surface area contributed by atoms with Crippen molar-refractivity contribution in [2.45, 2.75) is 13.0 Å². The van der Waals surface area contributed by atoms with Crippen molar-refractivity contribution in [1.29, 1.82) is 0 Å². The molecule has 2 atom stereocenters. The normalized spacial score (nSPS) is 18.9. The molecule has 1 aliphatic rings. The van der Waals surface area contributed by atoms with Crippen molar-refractivity contribution >= 4 is 11.7 Å². The van der Waals surface area contributed by atoms with Gasteiger partial charge in [-0.05, 0) is 29.5 Å². The molecule has 136 valence electrons. The summed E-state index contributed by atoms with van der Waals surface area (Å²) in [5, 5.41) is 9.54. The number of nitrogens with zero attached hydrogens (tertiary/aromatic N) is 4. The lowest BCUT2D eigenvalue weighted by molar-refractivity contribution is -0.131. The molecule has 0 bridgehead atoms. The number of carbonyl (C=O) groups is 2. The quantitative estimate of drug-likeness (QED) is 0.514. The van der Waals surface area contributed by atoms with E-state index in [0.29, 0.717) is 17.0 Å². The average Bonchev–Trinajstić information content (AvgIpc) is 3.20. The van der Waals surface area contributed by atoms with Crippen LogP contribution < -0.4 is 9.75 Å². The van der Waals surface area contributed by atoms with Crippen LogP contribution in [0.4, 0.5) is 0 Å². The number of rotatable bonds is 5. The molecule has 2 heterocycles. The lowest BCUT2D eigenvalue weighted by Gasteiger charge is -2.43. The van der Waals surface area contributed by atoms with Crippen LogP contribution in [-0.2, 0) is 4.79 Å². The average molecular weight is 362 g/mol. The highest BCUT2D eigenvalue weighted by atomic mass is 16.5. The number of benzene rings is 2. The molecule has 1 amide bonds. The summed E-state index contributed by atoms with van der Waals surface area (Å²) in [6, 6.07) is 15.8. The van der Waals surface area contributed by atoms with Crippen molar-refractivity contribution in [3.05, 3.63) is 66.4 Å². The van der Waals surface area contributed by atoms with E-state index in [0.717, 1.165) is 5.56 Å². The number of ether oxygens (including phenoxy) is 1. The summed E-state index contributed by atoms with van der Waals surface area (Å²) in [7, 11) is 1.57. The van der Waals surface area contributed by atoms with E-state index < -0.39 is 12.0 Å². The van der Waals surface area contributed by atoms with Gasteiger partial charge < -0.3 is 4.74 Å². The van der Waals surface area contributed by atoms with Crippen LogP contribution in [0.5, 0.6) is 5.75 Å². The third kappa shape index (κ3) is 2.87. The summed E-state index contributed by atoms with van der Waals surface area (Å²) in [6.07, 6.45) is 1.66. The molecule has 4 rings (SSSR count). The molecule has 0 saturated carbocycles. The van der Waals surface area contributed by atoms with Crippen LogP contribution in [0.3, 0.4) is 0 Å². The van der Waals surface area contributed by atoms with Crippen LogP contribution >= 0.6 is 0 Å². The van der Waals surface area contributed by atoms with E-state index in [9.17, 15) is 9.59 Å². The van der Waals surface area contributed by atoms with Gasteiger partial charge in [-0.3, -0.25) is 9.59 Å². The lowest BCUT2D eigenvalue weighted by atomic mass is 9.85. The largest absolute Gasteiger partial charge is 0.497 e. The van der Waals surface area contributed by atoms with E-state index in [2.05, 4.69) is 10.3 Å². The van der Waals surface area contributed by atoms with Gasteiger partial charge in [-0.15, -0.1) is 5.10 Å². The Morgan fingerprint density at radius 1 is 1.07 bits per heavy atom. The van der Waals surface area contributed by atoms with E-state index in [1.54, 1.807) is 44.5 Å². The third-order valence-corrected chi connectivity index (χ3v) is 4.77. The van der Waals surface area contributed by atoms with Gasteiger partial charge in [0.05, 0.1) is 19.2 Å². The minimum atomic E-state index is -0.615. The number of amides is 1. The van der Waals surface area contributed by atoms with Gasteiger partial charge >= 0.3 is 0 Å². The van der Waals surface area contributed by atoms with Crippen molar-refractivity contribution in [3.63, 3.8) is 0 Å². The number of aromatic nitrogens is 3. The van der Waals surface area contributed by atoms with Crippen LogP contribution in [0.2, 0.25) is 0 Å². The van der Waals surface area contributed by atoms with Crippen LogP contribution in [0.25, 0.3) is 11.3 Å². The van der Waals surface area contributed by atoms with Crippen LogP contribution in [-0.4, -0.2) is 39.9 Å². The summed E-state index contributed by atoms with van der Waals surface area (Å²) >= 11 is 0. The zero-order valence-electron chi connectivity index (χ0n) is 14.9. The van der Waals surface area contributed by atoms with Crippen LogP contribution in [0.1, 0.15) is 17.3 Å². The Bertz CT molecular complexity index is 982. The van der Waals surface area contributed by atoms with Gasteiger partial charge in [0.15, 0.2) is 5.78 Å². The van der Waals surface area contributed by atoms with E-state index in [1.807, 2.05) is 30.3 Å². The van der Waals surface area contributed by atoms with E-state index >= 15 is 0 Å². The first kappa shape index (κ1) is 17.0. The molecule has 7 heteroatoms. The molecule has 0 radical (unpaired) electrons. The maximum Gasteiger partial charge on any atom is 0.248 e. The highest BCUT2D eigenvalue weighted by molar-refractivity contribution is 6.13. The van der Waals surface area contributed by atoms with Gasteiger partial charge in [-0.2, -0.15) is 4.79 Å². The number of ketones is 1. The van der Waals surface area contributed by atoms with Gasteiger partial charge in [0.1, 0.15) is 17.5 Å². The number of β-lactam (4-membered cyclic amide) rings is 1. The molecule has 1 aromatic heterocycles. The van der Waals surface area contributed by atoms with E-state index in [1.165, 1.54) is 9.80 Å². The second-order valence-electron chi connectivity index (χ2n) is 6.40. The standard InChI is InChI=1S/C20H18N4O3/c1-13-18(19(25)15-8-10-16(27-2)11-9-15)24(20(13)26)23-12-17(21-22-23)14-6-4-3-5-7-14/h3-13,18H,1-2H3/t13-,18+/m1/s1. The number of methoxy groups -OCH3 is 1. The summed E-state index contributed by atoms with van der Waals surface area (Å²) in [4.78, 5) is 26.7. The number of hydrogen-bond donors (Lipinski definition) is 0. The van der Waals surface area contributed by atoms with Crippen molar-refractivity contribution < 1.29 is 14.3 Å². The van der Waals surface area contributed by atoms with Crippen LogP contribution in [0.15, 0.2) is 60.8 Å². The third-order valence-electron chi connectivity index (χ3n) is 4.77. The van der Waals surface area contributed by atoms with E-state index in [-0.39, 0.29) is 11.7 Å². The van der Waals surface area contributed by atoms with Gasteiger partial charge in [-0.1, -0.05) is 37.3 Å². The number of hydrogen-bond acceptors (Lipinski definition) is 5.